The van der Waals surface area contributed by atoms with E-state index in [1.165, 1.54) is 0 Å². The van der Waals surface area contributed by atoms with E-state index < -0.39 is 6.03 Å². The number of carbonyl (C=O) groups is 1. The molecular weight excluding hydrogens is 234 g/mol. The number of rotatable bonds is 7. The van der Waals surface area contributed by atoms with Crippen LogP contribution in [0.4, 0.5) is 4.79 Å². The first-order chi connectivity index (χ1) is 8.65. The Labute approximate surface area is 106 Å². The van der Waals surface area contributed by atoms with Crippen molar-refractivity contribution in [2.45, 2.75) is 6.54 Å². The van der Waals surface area contributed by atoms with Gasteiger partial charge in [-0.25, -0.2) is 4.79 Å². The highest BCUT2D eigenvalue weighted by atomic mass is 16.5. The number of urea groups is 1. The van der Waals surface area contributed by atoms with Crippen LogP contribution in [0.15, 0.2) is 18.2 Å². The van der Waals surface area contributed by atoms with Gasteiger partial charge in [0.05, 0.1) is 14.2 Å². The summed E-state index contributed by atoms with van der Waals surface area (Å²) in [5.41, 5.74) is 6.00. The molecule has 0 unspecified atom stereocenters. The Balaban J connectivity index is 2.43. The lowest BCUT2D eigenvalue weighted by molar-refractivity contribution is 0.249. The predicted molar refractivity (Wildman–Crippen MR) is 68.8 cm³/mol. The average molecular weight is 253 g/mol. The third-order valence-electron chi connectivity index (χ3n) is 2.34. The fourth-order valence-corrected chi connectivity index (χ4v) is 1.48. The number of benzene rings is 1. The lowest BCUT2D eigenvalue weighted by Gasteiger charge is -2.09. The standard InChI is InChI=1S/C12H19N3O3/c1-17-10-5-9(6-11(7-10)18-2)8-14-3-4-15-12(13)16/h5-7,14H,3-4,8H2,1-2H3,(H3,13,15,16). The van der Waals surface area contributed by atoms with Crippen LogP contribution in [0.1, 0.15) is 5.56 Å². The molecule has 0 heterocycles. The van der Waals surface area contributed by atoms with Crippen molar-refractivity contribution < 1.29 is 14.3 Å². The molecule has 0 aliphatic carbocycles. The molecule has 6 nitrogen and oxygen atoms in total. The second-order valence-corrected chi connectivity index (χ2v) is 3.69. The molecule has 4 N–H and O–H groups in total. The Kier molecular flexibility index (Phi) is 5.79. The second kappa shape index (κ2) is 7.39. The fourth-order valence-electron chi connectivity index (χ4n) is 1.48. The van der Waals surface area contributed by atoms with Crippen LogP contribution in [-0.2, 0) is 6.54 Å². The molecule has 2 amide bonds. The minimum atomic E-state index is -0.514. The molecule has 0 aliphatic rings. The SMILES string of the molecule is COc1cc(CNCCNC(N)=O)cc(OC)c1. The van der Waals surface area contributed by atoms with Crippen LogP contribution >= 0.6 is 0 Å². The number of carbonyl (C=O) groups excluding carboxylic acids is 1. The van der Waals surface area contributed by atoms with Crippen molar-refractivity contribution in [1.82, 2.24) is 10.6 Å². The van der Waals surface area contributed by atoms with Gasteiger partial charge in [0.15, 0.2) is 0 Å². The van der Waals surface area contributed by atoms with Gasteiger partial charge in [-0.1, -0.05) is 0 Å². The van der Waals surface area contributed by atoms with Gasteiger partial charge in [-0.3, -0.25) is 0 Å². The monoisotopic (exact) mass is 253 g/mol. The van der Waals surface area contributed by atoms with Gasteiger partial charge in [0, 0.05) is 25.7 Å². The van der Waals surface area contributed by atoms with Crippen molar-refractivity contribution in [1.29, 1.82) is 0 Å². The Morgan fingerprint density at radius 2 is 1.78 bits per heavy atom. The Morgan fingerprint density at radius 3 is 2.28 bits per heavy atom. The van der Waals surface area contributed by atoms with Crippen molar-refractivity contribution in [2.24, 2.45) is 5.73 Å². The second-order valence-electron chi connectivity index (χ2n) is 3.69. The van der Waals surface area contributed by atoms with Crippen LogP contribution in [0, 0.1) is 0 Å². The Morgan fingerprint density at radius 1 is 1.17 bits per heavy atom. The highest BCUT2D eigenvalue weighted by Crippen LogP contribution is 2.22. The van der Waals surface area contributed by atoms with Gasteiger partial charge in [0.2, 0.25) is 0 Å². The number of hydrogen-bond donors (Lipinski definition) is 3. The summed E-state index contributed by atoms with van der Waals surface area (Å²) in [6.07, 6.45) is 0. The first kappa shape index (κ1) is 14.1. The number of methoxy groups -OCH3 is 2. The largest absolute Gasteiger partial charge is 0.497 e. The summed E-state index contributed by atoms with van der Waals surface area (Å²) >= 11 is 0. The van der Waals surface area contributed by atoms with E-state index in [-0.39, 0.29) is 0 Å². The summed E-state index contributed by atoms with van der Waals surface area (Å²) in [5, 5.41) is 5.68. The van der Waals surface area contributed by atoms with Crippen LogP contribution < -0.4 is 25.8 Å². The lowest BCUT2D eigenvalue weighted by atomic mass is 10.2. The molecule has 0 aliphatic heterocycles. The molecule has 0 radical (unpaired) electrons. The lowest BCUT2D eigenvalue weighted by Crippen LogP contribution is -2.35. The summed E-state index contributed by atoms with van der Waals surface area (Å²) < 4.78 is 10.3. The van der Waals surface area contributed by atoms with Gasteiger partial charge >= 0.3 is 6.03 Å². The highest BCUT2D eigenvalue weighted by molar-refractivity contribution is 5.71. The van der Waals surface area contributed by atoms with Crippen LogP contribution in [0.3, 0.4) is 0 Å². The number of nitrogens with one attached hydrogen (secondary N) is 2. The summed E-state index contributed by atoms with van der Waals surface area (Å²) in [4.78, 5) is 10.4. The summed E-state index contributed by atoms with van der Waals surface area (Å²) in [6.45, 7) is 1.80. The molecule has 0 bridgehead atoms. The number of ether oxygens (including phenoxy) is 2. The van der Waals surface area contributed by atoms with Crippen molar-refractivity contribution in [3.63, 3.8) is 0 Å². The van der Waals surface area contributed by atoms with Gasteiger partial charge in [0.1, 0.15) is 11.5 Å². The number of hydrogen-bond acceptors (Lipinski definition) is 4. The third-order valence-corrected chi connectivity index (χ3v) is 2.34. The highest BCUT2D eigenvalue weighted by Gasteiger charge is 2.01. The summed E-state index contributed by atoms with van der Waals surface area (Å²) in [5.74, 6) is 1.50. The maximum atomic E-state index is 10.4. The Hall–Kier alpha value is -1.95. The smallest absolute Gasteiger partial charge is 0.312 e. The predicted octanol–water partition coefficient (Wildman–Crippen LogP) is 0.462. The van der Waals surface area contributed by atoms with E-state index in [9.17, 15) is 4.79 Å². The van der Waals surface area contributed by atoms with E-state index in [0.717, 1.165) is 17.1 Å². The van der Waals surface area contributed by atoms with Crippen LogP contribution in [-0.4, -0.2) is 33.3 Å². The van der Waals surface area contributed by atoms with Gasteiger partial charge in [-0.2, -0.15) is 0 Å². The zero-order chi connectivity index (χ0) is 13.4. The maximum Gasteiger partial charge on any atom is 0.312 e. The van der Waals surface area contributed by atoms with Gasteiger partial charge in [0.25, 0.3) is 0 Å². The van der Waals surface area contributed by atoms with Crippen molar-refractivity contribution in [2.75, 3.05) is 27.3 Å². The zero-order valence-electron chi connectivity index (χ0n) is 10.7. The molecular formula is C12H19N3O3. The van der Waals surface area contributed by atoms with Crippen molar-refractivity contribution in [3.8, 4) is 11.5 Å². The van der Waals surface area contributed by atoms with Gasteiger partial charge < -0.3 is 25.8 Å². The van der Waals surface area contributed by atoms with Crippen LogP contribution in [0.2, 0.25) is 0 Å². The maximum absolute atomic E-state index is 10.4. The number of nitrogens with two attached hydrogens (primary N) is 1. The molecule has 0 fully saturated rings. The molecule has 100 valence electrons. The summed E-state index contributed by atoms with van der Waals surface area (Å²) in [6, 6.07) is 5.16. The van der Waals surface area contributed by atoms with Crippen LogP contribution in [0.5, 0.6) is 11.5 Å². The molecule has 1 rings (SSSR count). The van der Waals surface area contributed by atoms with Crippen LogP contribution in [0.25, 0.3) is 0 Å². The van der Waals surface area contributed by atoms with Gasteiger partial charge in [-0.15, -0.1) is 0 Å². The van der Waals surface area contributed by atoms with Gasteiger partial charge in [-0.05, 0) is 17.7 Å². The molecule has 0 aromatic heterocycles. The normalized spacial score (nSPS) is 9.89. The quantitative estimate of drug-likeness (QED) is 0.616. The van der Waals surface area contributed by atoms with E-state index in [1.54, 1.807) is 14.2 Å². The van der Waals surface area contributed by atoms with E-state index in [4.69, 9.17) is 15.2 Å². The fraction of sp³-hybridized carbons (Fsp3) is 0.417. The van der Waals surface area contributed by atoms with Crippen molar-refractivity contribution >= 4 is 6.03 Å². The molecule has 1 aromatic rings. The Bertz CT molecular complexity index is 374. The van der Waals surface area contributed by atoms with Crippen molar-refractivity contribution in [3.05, 3.63) is 23.8 Å². The van der Waals surface area contributed by atoms with E-state index >= 15 is 0 Å². The zero-order valence-corrected chi connectivity index (χ0v) is 10.7. The summed E-state index contributed by atoms with van der Waals surface area (Å²) in [7, 11) is 3.23. The molecule has 1 aromatic carbocycles. The van der Waals surface area contributed by atoms with E-state index in [0.29, 0.717) is 19.6 Å². The molecule has 0 saturated heterocycles. The minimum Gasteiger partial charge on any atom is -0.497 e. The van der Waals surface area contributed by atoms with E-state index in [1.807, 2.05) is 18.2 Å². The molecule has 6 heteroatoms. The minimum absolute atomic E-state index is 0.496. The molecule has 0 spiro atoms. The van der Waals surface area contributed by atoms with E-state index in [2.05, 4.69) is 10.6 Å². The first-order valence-corrected chi connectivity index (χ1v) is 5.61. The topological polar surface area (TPSA) is 85.6 Å². The molecule has 18 heavy (non-hydrogen) atoms. The molecule has 0 saturated carbocycles. The number of amides is 2. The molecule has 0 atom stereocenters. The average Bonchev–Trinajstić information content (AvgIpc) is 2.37. The number of primary amides is 1. The third kappa shape index (κ3) is 4.92. The first-order valence-electron chi connectivity index (χ1n) is 5.61.